The van der Waals surface area contributed by atoms with Crippen LogP contribution in [0, 0.1) is 13.8 Å². The highest BCUT2D eigenvalue weighted by Crippen LogP contribution is 2.36. The molecule has 3 nitrogen and oxygen atoms in total. The van der Waals surface area contributed by atoms with Crippen molar-refractivity contribution < 1.29 is 9.90 Å². The molecule has 2 N–H and O–H groups in total. The van der Waals surface area contributed by atoms with Crippen molar-refractivity contribution in [2.45, 2.75) is 56.1 Å². The Balaban J connectivity index is 1.98. The summed E-state index contributed by atoms with van der Waals surface area (Å²) < 4.78 is 0. The first-order valence-electron chi connectivity index (χ1n) is 7.56. The van der Waals surface area contributed by atoms with E-state index in [-0.39, 0.29) is 0 Å². The molecule has 1 aromatic rings. The Labute approximate surface area is 131 Å². The van der Waals surface area contributed by atoms with Crippen molar-refractivity contribution in [3.05, 3.63) is 34.9 Å². The molecule has 21 heavy (non-hydrogen) atoms. The molecule has 0 bridgehead atoms. The van der Waals surface area contributed by atoms with Gasteiger partial charge in [0, 0.05) is 11.0 Å². The van der Waals surface area contributed by atoms with Crippen LogP contribution in [0.3, 0.4) is 0 Å². The van der Waals surface area contributed by atoms with Gasteiger partial charge in [-0.25, -0.2) is 0 Å². The average Bonchev–Trinajstić information content (AvgIpc) is 2.44. The van der Waals surface area contributed by atoms with Crippen LogP contribution in [0.1, 0.15) is 42.4 Å². The lowest BCUT2D eigenvalue weighted by Gasteiger charge is -2.37. The van der Waals surface area contributed by atoms with E-state index in [1.165, 1.54) is 16.7 Å². The maximum Gasteiger partial charge on any atom is 0.323 e. The minimum atomic E-state index is -0.724. The average molecular weight is 307 g/mol. The lowest BCUT2D eigenvalue weighted by molar-refractivity contribution is -0.146. The maximum atomic E-state index is 11.5. The third-order valence-corrected chi connectivity index (χ3v) is 5.73. The van der Waals surface area contributed by atoms with E-state index in [2.05, 4.69) is 37.4 Å². The first-order chi connectivity index (χ1) is 9.95. The molecule has 1 aliphatic rings. The number of nitrogens with one attached hydrogen (secondary N) is 1. The fourth-order valence-corrected chi connectivity index (χ4v) is 4.59. The molecule has 0 radical (unpaired) electrons. The molecule has 2 rings (SSSR count). The maximum absolute atomic E-state index is 11.5. The van der Waals surface area contributed by atoms with Gasteiger partial charge in [-0.3, -0.25) is 4.79 Å². The fraction of sp³-hybridized carbons (Fsp3) is 0.588. The van der Waals surface area contributed by atoms with Crippen LogP contribution in [-0.4, -0.2) is 28.9 Å². The van der Waals surface area contributed by atoms with E-state index < -0.39 is 11.5 Å². The predicted molar refractivity (Wildman–Crippen MR) is 88.9 cm³/mol. The van der Waals surface area contributed by atoms with Crippen molar-refractivity contribution in [3.63, 3.8) is 0 Å². The first-order valence-corrected chi connectivity index (χ1v) is 8.61. The van der Waals surface area contributed by atoms with Crippen molar-refractivity contribution >= 4 is 17.7 Å². The second-order valence-corrected chi connectivity index (χ2v) is 7.45. The lowest BCUT2D eigenvalue weighted by atomic mass is 9.81. The molecule has 1 saturated carbocycles. The Morgan fingerprint density at radius 1 is 1.38 bits per heavy atom. The second kappa shape index (κ2) is 6.84. The molecular weight excluding hydrogens is 282 g/mol. The van der Waals surface area contributed by atoms with Gasteiger partial charge in [0.15, 0.2) is 0 Å². The van der Waals surface area contributed by atoms with Crippen molar-refractivity contribution in [1.82, 2.24) is 5.32 Å². The highest BCUT2D eigenvalue weighted by atomic mass is 32.2. The summed E-state index contributed by atoms with van der Waals surface area (Å²) in [6.07, 6.45) is 3.55. The third-order valence-electron chi connectivity index (χ3n) is 4.36. The van der Waals surface area contributed by atoms with Gasteiger partial charge in [-0.05, 0) is 52.1 Å². The van der Waals surface area contributed by atoms with Crippen LogP contribution in [0.15, 0.2) is 18.2 Å². The zero-order chi connectivity index (χ0) is 15.5. The quantitative estimate of drug-likeness (QED) is 0.874. The number of benzene rings is 1. The predicted octanol–water partition coefficient (Wildman–Crippen LogP) is 3.52. The number of thioether (sulfide) groups is 1. The summed E-state index contributed by atoms with van der Waals surface area (Å²) in [6, 6.07) is 6.64. The Bertz CT molecular complexity index is 497. The van der Waals surface area contributed by atoms with Gasteiger partial charge in [0.2, 0.25) is 0 Å². The Morgan fingerprint density at radius 2 is 2.05 bits per heavy atom. The van der Waals surface area contributed by atoms with E-state index in [0.29, 0.717) is 11.7 Å². The van der Waals surface area contributed by atoms with Gasteiger partial charge < -0.3 is 10.4 Å². The zero-order valence-corrected chi connectivity index (χ0v) is 13.9. The minimum absolute atomic E-state index is 0.420. The molecule has 2 atom stereocenters. The number of carbonyl (C=O) groups is 1. The summed E-state index contributed by atoms with van der Waals surface area (Å²) >= 11 is 1.90. The van der Waals surface area contributed by atoms with Crippen LogP contribution >= 0.6 is 11.8 Å². The van der Waals surface area contributed by atoms with Crippen LogP contribution in [-0.2, 0) is 10.5 Å². The van der Waals surface area contributed by atoms with Gasteiger partial charge in [0.1, 0.15) is 5.54 Å². The second-order valence-electron chi connectivity index (χ2n) is 6.16. The van der Waals surface area contributed by atoms with Gasteiger partial charge in [0.25, 0.3) is 0 Å². The van der Waals surface area contributed by atoms with Crippen LogP contribution < -0.4 is 5.32 Å². The smallest absolute Gasteiger partial charge is 0.323 e. The van der Waals surface area contributed by atoms with E-state index in [0.717, 1.165) is 25.0 Å². The summed E-state index contributed by atoms with van der Waals surface area (Å²) in [7, 11) is 1.77. The SMILES string of the molecule is CNC1(C(=O)O)CCCC(SCc2cc(C)cc(C)c2)C1. The normalized spacial score (nSPS) is 25.8. The topological polar surface area (TPSA) is 49.3 Å². The zero-order valence-electron chi connectivity index (χ0n) is 13.1. The van der Waals surface area contributed by atoms with Gasteiger partial charge in [-0.15, -0.1) is 0 Å². The van der Waals surface area contributed by atoms with E-state index in [4.69, 9.17) is 0 Å². The molecule has 1 aromatic carbocycles. The molecule has 116 valence electrons. The molecule has 0 heterocycles. The molecule has 0 aromatic heterocycles. The van der Waals surface area contributed by atoms with Crippen LogP contribution in [0.4, 0.5) is 0 Å². The number of carboxylic acids is 1. The molecular formula is C17H25NO2S. The molecule has 0 spiro atoms. The minimum Gasteiger partial charge on any atom is -0.480 e. The molecule has 2 unspecified atom stereocenters. The Hall–Kier alpha value is -1.00. The molecule has 1 aliphatic carbocycles. The van der Waals surface area contributed by atoms with E-state index >= 15 is 0 Å². The summed E-state index contributed by atoms with van der Waals surface area (Å²) in [5.74, 6) is 0.258. The van der Waals surface area contributed by atoms with E-state index in [1.54, 1.807) is 7.05 Å². The summed E-state index contributed by atoms with van der Waals surface area (Å²) in [4.78, 5) is 11.5. The number of hydrogen-bond acceptors (Lipinski definition) is 3. The third kappa shape index (κ3) is 4.01. The number of likely N-dealkylation sites (N-methyl/N-ethyl adjacent to an activating group) is 1. The standard InChI is InChI=1S/C17H25NO2S/c1-12-7-13(2)9-14(8-12)11-21-15-5-4-6-17(10-15,18-3)16(19)20/h7-9,15,18H,4-6,10-11H2,1-3H3,(H,19,20). The summed E-state index contributed by atoms with van der Waals surface area (Å²) in [5.41, 5.74) is 3.21. The number of aliphatic carboxylic acids is 1. The van der Waals surface area contributed by atoms with Gasteiger partial charge in [-0.2, -0.15) is 11.8 Å². The molecule has 0 aliphatic heterocycles. The highest BCUT2D eigenvalue weighted by molar-refractivity contribution is 7.99. The van der Waals surface area contributed by atoms with Crippen molar-refractivity contribution in [2.75, 3.05) is 7.05 Å². The number of hydrogen-bond donors (Lipinski definition) is 2. The Morgan fingerprint density at radius 3 is 2.62 bits per heavy atom. The van der Waals surface area contributed by atoms with E-state index in [1.807, 2.05) is 11.8 Å². The molecule has 1 fully saturated rings. The fourth-order valence-electron chi connectivity index (χ4n) is 3.26. The van der Waals surface area contributed by atoms with Gasteiger partial charge in [-0.1, -0.05) is 29.3 Å². The highest BCUT2D eigenvalue weighted by Gasteiger charge is 2.41. The molecule has 0 saturated heterocycles. The monoisotopic (exact) mass is 307 g/mol. The number of aryl methyl sites for hydroxylation is 2. The number of carboxylic acid groups (broad SMARTS) is 1. The van der Waals surface area contributed by atoms with Crippen molar-refractivity contribution in [2.24, 2.45) is 0 Å². The van der Waals surface area contributed by atoms with E-state index in [9.17, 15) is 9.90 Å². The van der Waals surface area contributed by atoms with Crippen LogP contribution in [0.2, 0.25) is 0 Å². The summed E-state index contributed by atoms with van der Waals surface area (Å²) in [6.45, 7) is 4.25. The van der Waals surface area contributed by atoms with Crippen LogP contribution in [0.25, 0.3) is 0 Å². The largest absolute Gasteiger partial charge is 0.480 e. The van der Waals surface area contributed by atoms with Crippen molar-refractivity contribution in [1.29, 1.82) is 0 Å². The van der Waals surface area contributed by atoms with Gasteiger partial charge >= 0.3 is 5.97 Å². The summed E-state index contributed by atoms with van der Waals surface area (Å²) in [5, 5.41) is 13.0. The molecule has 4 heteroatoms. The Kier molecular flexibility index (Phi) is 5.33. The first kappa shape index (κ1) is 16.4. The van der Waals surface area contributed by atoms with Crippen molar-refractivity contribution in [3.8, 4) is 0 Å². The molecule has 0 amide bonds. The van der Waals surface area contributed by atoms with Gasteiger partial charge in [0.05, 0.1) is 0 Å². The van der Waals surface area contributed by atoms with Crippen LogP contribution in [0.5, 0.6) is 0 Å². The lowest BCUT2D eigenvalue weighted by Crippen LogP contribution is -2.53. The number of rotatable bonds is 5.